The fourth-order valence-corrected chi connectivity index (χ4v) is 3.43. The SMILES string of the molecule is Cc1cc(SCC(=O)OCC(=O)Nc2cccnc2Cl)c(C)cc1Br. The molecule has 1 amide bonds. The van der Waals surface area contributed by atoms with Crippen molar-refractivity contribution in [3.05, 3.63) is 51.2 Å². The molecule has 0 saturated carbocycles. The van der Waals surface area contributed by atoms with Gasteiger partial charge in [0.1, 0.15) is 0 Å². The van der Waals surface area contributed by atoms with Gasteiger partial charge in [-0.15, -0.1) is 11.8 Å². The molecule has 25 heavy (non-hydrogen) atoms. The molecule has 0 atom stereocenters. The third-order valence-corrected chi connectivity index (χ3v) is 5.49. The van der Waals surface area contributed by atoms with Gasteiger partial charge in [0, 0.05) is 15.6 Å². The van der Waals surface area contributed by atoms with Gasteiger partial charge in [-0.25, -0.2) is 4.98 Å². The van der Waals surface area contributed by atoms with E-state index in [9.17, 15) is 9.59 Å². The van der Waals surface area contributed by atoms with Crippen LogP contribution in [0.4, 0.5) is 5.69 Å². The fraction of sp³-hybridized carbons (Fsp3) is 0.235. The lowest BCUT2D eigenvalue weighted by Gasteiger charge is -2.09. The van der Waals surface area contributed by atoms with Crippen LogP contribution < -0.4 is 5.32 Å². The molecule has 5 nitrogen and oxygen atoms in total. The monoisotopic (exact) mass is 442 g/mol. The number of ether oxygens (including phenoxy) is 1. The predicted molar refractivity (Wildman–Crippen MR) is 103 cm³/mol. The topological polar surface area (TPSA) is 68.3 Å². The highest BCUT2D eigenvalue weighted by atomic mass is 79.9. The van der Waals surface area contributed by atoms with Gasteiger partial charge in [-0.3, -0.25) is 9.59 Å². The van der Waals surface area contributed by atoms with E-state index in [0.29, 0.717) is 5.69 Å². The molecule has 0 bridgehead atoms. The lowest BCUT2D eigenvalue weighted by Crippen LogP contribution is -2.21. The number of hydrogen-bond donors (Lipinski definition) is 1. The van der Waals surface area contributed by atoms with Crippen molar-refractivity contribution in [3.63, 3.8) is 0 Å². The van der Waals surface area contributed by atoms with E-state index in [1.807, 2.05) is 26.0 Å². The summed E-state index contributed by atoms with van der Waals surface area (Å²) in [4.78, 5) is 28.5. The number of pyridine rings is 1. The summed E-state index contributed by atoms with van der Waals surface area (Å²) in [5.74, 6) is -0.802. The first-order valence-corrected chi connectivity index (χ1v) is 9.48. The third-order valence-electron chi connectivity index (χ3n) is 3.20. The van der Waals surface area contributed by atoms with Crippen LogP contribution in [0.15, 0.2) is 39.8 Å². The normalized spacial score (nSPS) is 10.4. The number of aromatic nitrogens is 1. The molecule has 2 aromatic rings. The molecule has 0 aliphatic heterocycles. The van der Waals surface area contributed by atoms with E-state index in [1.54, 1.807) is 12.1 Å². The first-order valence-electron chi connectivity index (χ1n) is 7.32. The molecule has 0 aliphatic rings. The summed E-state index contributed by atoms with van der Waals surface area (Å²) in [6.07, 6.45) is 1.51. The smallest absolute Gasteiger partial charge is 0.316 e. The van der Waals surface area contributed by atoms with E-state index in [0.717, 1.165) is 20.5 Å². The summed E-state index contributed by atoms with van der Waals surface area (Å²) in [6.45, 7) is 3.59. The van der Waals surface area contributed by atoms with Crippen LogP contribution in [0.1, 0.15) is 11.1 Å². The predicted octanol–water partition coefficient (Wildman–Crippen LogP) is 4.39. The number of nitrogens with one attached hydrogen (secondary N) is 1. The van der Waals surface area contributed by atoms with Gasteiger partial charge in [-0.1, -0.05) is 27.5 Å². The standard InChI is InChI=1S/C17H16BrClN2O3S/c1-10-7-14(11(2)6-12(10)18)25-9-16(23)24-8-15(22)21-13-4-3-5-20-17(13)19/h3-7H,8-9H2,1-2H3,(H,21,22). The number of amides is 1. The number of anilines is 1. The number of benzene rings is 1. The van der Waals surface area contributed by atoms with Gasteiger partial charge in [-0.05, 0) is 49.2 Å². The van der Waals surface area contributed by atoms with Crippen molar-refractivity contribution < 1.29 is 14.3 Å². The van der Waals surface area contributed by atoms with Gasteiger partial charge < -0.3 is 10.1 Å². The number of rotatable bonds is 6. The number of nitrogens with zero attached hydrogens (tertiary/aromatic N) is 1. The molecule has 0 spiro atoms. The van der Waals surface area contributed by atoms with Crippen molar-refractivity contribution in [2.24, 2.45) is 0 Å². The van der Waals surface area contributed by atoms with Crippen LogP contribution in [0.5, 0.6) is 0 Å². The van der Waals surface area contributed by atoms with Crippen LogP contribution >= 0.6 is 39.3 Å². The highest BCUT2D eigenvalue weighted by Gasteiger charge is 2.11. The number of esters is 1. The van der Waals surface area contributed by atoms with E-state index in [2.05, 4.69) is 26.2 Å². The van der Waals surface area contributed by atoms with Gasteiger partial charge in [0.25, 0.3) is 5.91 Å². The van der Waals surface area contributed by atoms with E-state index < -0.39 is 11.9 Å². The molecule has 8 heteroatoms. The first kappa shape index (κ1) is 19.8. The van der Waals surface area contributed by atoms with Crippen molar-refractivity contribution in [1.29, 1.82) is 0 Å². The molecule has 1 heterocycles. The molecule has 1 N–H and O–H groups in total. The minimum atomic E-state index is -0.469. The van der Waals surface area contributed by atoms with Gasteiger partial charge in [0.05, 0.1) is 11.4 Å². The van der Waals surface area contributed by atoms with Crippen LogP contribution in [0.3, 0.4) is 0 Å². The Bertz CT molecular complexity index is 801. The molecule has 1 aromatic heterocycles. The molecule has 132 valence electrons. The molecule has 1 aromatic carbocycles. The number of aryl methyl sites for hydroxylation is 2. The maximum atomic E-state index is 11.8. The second kappa shape index (κ2) is 9.22. The average molecular weight is 444 g/mol. The second-order valence-corrected chi connectivity index (χ2v) is 7.44. The van der Waals surface area contributed by atoms with E-state index in [-0.39, 0.29) is 17.5 Å². The first-order chi connectivity index (χ1) is 11.9. The lowest BCUT2D eigenvalue weighted by atomic mass is 10.2. The number of halogens is 2. The number of carbonyl (C=O) groups is 2. The van der Waals surface area contributed by atoms with Gasteiger partial charge in [0.15, 0.2) is 11.8 Å². The summed E-state index contributed by atoms with van der Waals surface area (Å²) in [6, 6.07) is 7.28. The molecule has 0 saturated heterocycles. The summed E-state index contributed by atoms with van der Waals surface area (Å²) < 4.78 is 6.02. The molecule has 0 aliphatic carbocycles. The van der Waals surface area contributed by atoms with Crippen molar-refractivity contribution >= 4 is 56.9 Å². The summed E-state index contributed by atoms with van der Waals surface area (Å²) in [5, 5.41) is 2.72. The van der Waals surface area contributed by atoms with Crippen LogP contribution in [-0.2, 0) is 14.3 Å². The minimum absolute atomic E-state index is 0.128. The molecule has 2 rings (SSSR count). The molecule has 0 fully saturated rings. The van der Waals surface area contributed by atoms with Crippen LogP contribution in [-0.4, -0.2) is 29.2 Å². The quantitative estimate of drug-likeness (QED) is 0.407. The largest absolute Gasteiger partial charge is 0.455 e. The Hall–Kier alpha value is -1.57. The zero-order valence-electron chi connectivity index (χ0n) is 13.6. The van der Waals surface area contributed by atoms with Crippen molar-refractivity contribution in [1.82, 2.24) is 4.98 Å². The van der Waals surface area contributed by atoms with Crippen molar-refractivity contribution in [2.75, 3.05) is 17.7 Å². The van der Waals surface area contributed by atoms with Gasteiger partial charge in [-0.2, -0.15) is 0 Å². The Morgan fingerprint density at radius 3 is 2.80 bits per heavy atom. The van der Waals surface area contributed by atoms with Crippen LogP contribution in [0.25, 0.3) is 0 Å². The molecular formula is C17H16BrClN2O3S. The Kier molecular flexibility index (Phi) is 7.28. The van der Waals surface area contributed by atoms with E-state index in [4.69, 9.17) is 16.3 Å². The number of thioether (sulfide) groups is 1. The summed E-state index contributed by atoms with van der Waals surface area (Å²) in [5.41, 5.74) is 2.54. The van der Waals surface area contributed by atoms with Crippen molar-refractivity contribution in [3.8, 4) is 0 Å². The second-order valence-electron chi connectivity index (χ2n) is 5.21. The fourth-order valence-electron chi connectivity index (χ4n) is 1.90. The molecular weight excluding hydrogens is 428 g/mol. The maximum absolute atomic E-state index is 11.8. The van der Waals surface area contributed by atoms with Crippen molar-refractivity contribution in [2.45, 2.75) is 18.7 Å². The average Bonchev–Trinajstić information content (AvgIpc) is 2.57. The Labute approximate surface area is 163 Å². The summed E-state index contributed by atoms with van der Waals surface area (Å²) in [7, 11) is 0. The Morgan fingerprint density at radius 1 is 1.32 bits per heavy atom. The summed E-state index contributed by atoms with van der Waals surface area (Å²) >= 11 is 10.7. The van der Waals surface area contributed by atoms with Gasteiger partial charge in [0.2, 0.25) is 0 Å². The third kappa shape index (κ3) is 6.02. The Balaban J connectivity index is 1.80. The highest BCUT2D eigenvalue weighted by Crippen LogP contribution is 2.28. The lowest BCUT2D eigenvalue weighted by molar-refractivity contribution is -0.144. The van der Waals surface area contributed by atoms with E-state index >= 15 is 0 Å². The number of carbonyl (C=O) groups excluding carboxylic acids is 2. The molecule has 0 unspecified atom stereocenters. The number of hydrogen-bond acceptors (Lipinski definition) is 5. The highest BCUT2D eigenvalue weighted by molar-refractivity contribution is 9.10. The van der Waals surface area contributed by atoms with Crippen LogP contribution in [0.2, 0.25) is 5.15 Å². The maximum Gasteiger partial charge on any atom is 0.316 e. The Morgan fingerprint density at radius 2 is 2.08 bits per heavy atom. The van der Waals surface area contributed by atoms with E-state index in [1.165, 1.54) is 18.0 Å². The van der Waals surface area contributed by atoms with Gasteiger partial charge >= 0.3 is 5.97 Å². The zero-order chi connectivity index (χ0) is 18.4. The minimum Gasteiger partial charge on any atom is -0.455 e. The zero-order valence-corrected chi connectivity index (χ0v) is 16.8. The van der Waals surface area contributed by atoms with Crippen LogP contribution in [0, 0.1) is 13.8 Å². The molecule has 0 radical (unpaired) electrons.